The van der Waals surface area contributed by atoms with Gasteiger partial charge in [0.15, 0.2) is 0 Å². The van der Waals surface area contributed by atoms with E-state index in [1.54, 1.807) is 6.20 Å². The second-order valence-corrected chi connectivity index (χ2v) is 6.16. The molecule has 0 spiro atoms. The number of rotatable bonds is 7. The molecule has 0 atom stereocenters. The summed E-state index contributed by atoms with van der Waals surface area (Å²) in [6, 6.07) is 13.3. The molecule has 0 amide bonds. The van der Waals surface area contributed by atoms with Crippen LogP contribution in [0.2, 0.25) is 0 Å². The molecule has 3 aromatic rings. The molecule has 0 saturated carbocycles. The van der Waals surface area contributed by atoms with E-state index in [2.05, 4.69) is 15.3 Å². The van der Waals surface area contributed by atoms with Crippen molar-refractivity contribution in [1.29, 1.82) is 0 Å². The number of thiazole rings is 1. The largest absolute Gasteiger partial charge is 0.494 e. The minimum Gasteiger partial charge on any atom is -0.494 e. The zero-order valence-corrected chi connectivity index (χ0v) is 13.7. The molecule has 3 rings (SSSR count). The lowest BCUT2D eigenvalue weighted by Gasteiger charge is -2.08. The van der Waals surface area contributed by atoms with Crippen molar-refractivity contribution in [3.63, 3.8) is 0 Å². The predicted octanol–water partition coefficient (Wildman–Crippen LogP) is 2.62. The van der Waals surface area contributed by atoms with Crippen LogP contribution in [0.5, 0.6) is 11.6 Å². The van der Waals surface area contributed by atoms with Crippen LogP contribution in [0.4, 0.5) is 5.82 Å². The van der Waals surface area contributed by atoms with Gasteiger partial charge in [-0.15, -0.1) is 0 Å². The van der Waals surface area contributed by atoms with Crippen molar-refractivity contribution in [2.75, 3.05) is 18.5 Å². The summed E-state index contributed by atoms with van der Waals surface area (Å²) in [4.78, 5) is 18.1. The summed E-state index contributed by atoms with van der Waals surface area (Å²) in [5.41, 5.74) is 1.000. The van der Waals surface area contributed by atoms with Crippen LogP contribution in [0.25, 0.3) is 0 Å². The molecule has 0 saturated heterocycles. The molecule has 0 bridgehead atoms. The highest BCUT2D eigenvalue weighted by Gasteiger charge is 2.07. The minimum absolute atomic E-state index is 0.0501. The van der Waals surface area contributed by atoms with E-state index >= 15 is 0 Å². The Hall–Kier alpha value is -2.80. The van der Waals surface area contributed by atoms with E-state index in [1.807, 2.05) is 42.5 Å². The van der Waals surface area contributed by atoms with E-state index in [-0.39, 0.29) is 10.8 Å². The third-order valence-corrected chi connectivity index (χ3v) is 4.20. The third-order valence-electron chi connectivity index (χ3n) is 3.33. The quantitative estimate of drug-likeness (QED) is 0.574. The highest BCUT2D eigenvalue weighted by atomic mass is 32.1. The first-order chi connectivity index (χ1) is 11.7. The maximum Gasteiger partial charge on any atom is 0.307 e. The number of nitrogens with zero attached hydrogens (tertiary/aromatic N) is 1. The number of pyridine rings is 1. The van der Waals surface area contributed by atoms with Crippen LogP contribution >= 0.6 is 11.3 Å². The molecular weight excluding hydrogens is 326 g/mol. The molecule has 0 aliphatic rings. The predicted molar refractivity (Wildman–Crippen MR) is 94.1 cm³/mol. The Morgan fingerprint density at radius 1 is 1.21 bits per heavy atom. The van der Waals surface area contributed by atoms with E-state index in [0.29, 0.717) is 24.4 Å². The fraction of sp³-hybridized carbons (Fsp3) is 0.176. The molecule has 2 aromatic heterocycles. The monoisotopic (exact) mass is 343 g/mol. The summed E-state index contributed by atoms with van der Waals surface area (Å²) < 4.78 is 5.67. The van der Waals surface area contributed by atoms with Gasteiger partial charge in [-0.25, -0.2) is 4.98 Å². The Bertz CT molecular complexity index is 828. The van der Waals surface area contributed by atoms with Gasteiger partial charge >= 0.3 is 4.87 Å². The summed E-state index contributed by atoms with van der Waals surface area (Å²) >= 11 is 1.02. The molecule has 7 heteroatoms. The molecule has 124 valence electrons. The molecule has 3 N–H and O–H groups in total. The van der Waals surface area contributed by atoms with E-state index in [0.717, 1.165) is 28.5 Å². The topological polar surface area (TPSA) is 87.2 Å². The van der Waals surface area contributed by atoms with Gasteiger partial charge in [-0.1, -0.05) is 29.5 Å². The number of benzene rings is 1. The van der Waals surface area contributed by atoms with Crippen LogP contribution in [0, 0.1) is 0 Å². The summed E-state index contributed by atoms with van der Waals surface area (Å²) in [5.74, 6) is 1.54. The number of aromatic nitrogens is 2. The zero-order chi connectivity index (χ0) is 16.8. The standard InChI is InChI=1S/C17H17N3O3S/c21-16-14(24-17(22)20-16)11-12-4-6-13(7-5-12)23-10-9-19-15-3-1-2-8-18-15/h1-8,21H,9-11H2,(H,18,19)(H,20,22). The van der Waals surface area contributed by atoms with E-state index in [4.69, 9.17) is 4.74 Å². The number of H-pyrrole nitrogens is 1. The molecule has 6 nitrogen and oxygen atoms in total. The Morgan fingerprint density at radius 3 is 2.71 bits per heavy atom. The van der Waals surface area contributed by atoms with Crippen molar-refractivity contribution in [1.82, 2.24) is 9.97 Å². The lowest BCUT2D eigenvalue weighted by molar-refractivity contribution is 0.332. The number of hydrogen-bond acceptors (Lipinski definition) is 6. The normalized spacial score (nSPS) is 10.5. The van der Waals surface area contributed by atoms with Crippen LogP contribution in [0.1, 0.15) is 10.4 Å². The first kappa shape index (κ1) is 16.1. The van der Waals surface area contributed by atoms with Crippen LogP contribution < -0.4 is 14.9 Å². The van der Waals surface area contributed by atoms with Gasteiger partial charge in [0.05, 0.1) is 11.4 Å². The lowest BCUT2D eigenvalue weighted by Crippen LogP contribution is -2.12. The number of aromatic hydroxyl groups is 1. The van der Waals surface area contributed by atoms with Gasteiger partial charge in [-0.05, 0) is 29.8 Å². The van der Waals surface area contributed by atoms with Gasteiger partial charge in [0.1, 0.15) is 18.2 Å². The Morgan fingerprint density at radius 2 is 2.04 bits per heavy atom. The molecule has 0 radical (unpaired) electrons. The van der Waals surface area contributed by atoms with Gasteiger partial charge in [0.2, 0.25) is 5.88 Å². The Balaban J connectivity index is 1.48. The van der Waals surface area contributed by atoms with Crippen LogP contribution in [-0.4, -0.2) is 28.2 Å². The maximum absolute atomic E-state index is 11.2. The second-order valence-electron chi connectivity index (χ2n) is 5.10. The van der Waals surface area contributed by atoms with Crippen molar-refractivity contribution < 1.29 is 9.84 Å². The number of ether oxygens (including phenoxy) is 1. The average Bonchev–Trinajstić information content (AvgIpc) is 2.91. The van der Waals surface area contributed by atoms with Crippen LogP contribution in [-0.2, 0) is 6.42 Å². The van der Waals surface area contributed by atoms with Crippen LogP contribution in [0.15, 0.2) is 53.5 Å². The van der Waals surface area contributed by atoms with Crippen molar-refractivity contribution in [2.24, 2.45) is 0 Å². The number of aromatic amines is 1. The summed E-state index contributed by atoms with van der Waals surface area (Å²) in [6.07, 6.45) is 2.25. The van der Waals surface area contributed by atoms with Crippen molar-refractivity contribution in [3.8, 4) is 11.6 Å². The molecule has 0 aliphatic carbocycles. The maximum atomic E-state index is 11.2. The number of anilines is 1. The van der Waals surface area contributed by atoms with Crippen molar-refractivity contribution in [3.05, 3.63) is 68.8 Å². The summed E-state index contributed by atoms with van der Waals surface area (Å²) in [5, 5.41) is 12.8. The van der Waals surface area contributed by atoms with E-state index in [1.165, 1.54) is 0 Å². The molecule has 24 heavy (non-hydrogen) atoms. The highest BCUT2D eigenvalue weighted by molar-refractivity contribution is 7.09. The van der Waals surface area contributed by atoms with Crippen molar-refractivity contribution >= 4 is 17.2 Å². The Labute approximate surface area is 142 Å². The molecular formula is C17H17N3O3S. The van der Waals surface area contributed by atoms with Gasteiger partial charge in [0, 0.05) is 12.6 Å². The minimum atomic E-state index is -0.247. The van der Waals surface area contributed by atoms with Gasteiger partial charge in [-0.2, -0.15) is 0 Å². The first-order valence-electron chi connectivity index (χ1n) is 7.48. The molecule has 0 fully saturated rings. The average molecular weight is 343 g/mol. The summed E-state index contributed by atoms with van der Waals surface area (Å²) in [7, 11) is 0. The third kappa shape index (κ3) is 4.36. The SMILES string of the molecule is O=c1[nH]c(O)c(Cc2ccc(OCCNc3ccccn3)cc2)s1. The summed E-state index contributed by atoms with van der Waals surface area (Å²) in [6.45, 7) is 1.18. The van der Waals surface area contributed by atoms with Gasteiger partial charge in [0.25, 0.3) is 0 Å². The highest BCUT2D eigenvalue weighted by Crippen LogP contribution is 2.21. The smallest absolute Gasteiger partial charge is 0.307 e. The van der Waals surface area contributed by atoms with E-state index < -0.39 is 0 Å². The van der Waals surface area contributed by atoms with E-state index in [9.17, 15) is 9.90 Å². The first-order valence-corrected chi connectivity index (χ1v) is 8.30. The molecule has 0 unspecified atom stereocenters. The lowest BCUT2D eigenvalue weighted by atomic mass is 10.1. The molecule has 1 aromatic carbocycles. The van der Waals surface area contributed by atoms with Gasteiger partial charge < -0.3 is 15.2 Å². The molecule has 2 heterocycles. The fourth-order valence-corrected chi connectivity index (χ4v) is 2.93. The number of nitrogens with one attached hydrogen (secondary N) is 2. The molecule has 0 aliphatic heterocycles. The fourth-order valence-electron chi connectivity index (χ4n) is 2.18. The van der Waals surface area contributed by atoms with Gasteiger partial charge in [-0.3, -0.25) is 9.78 Å². The zero-order valence-electron chi connectivity index (χ0n) is 12.9. The Kier molecular flexibility index (Phi) is 5.12. The second kappa shape index (κ2) is 7.65. The van der Waals surface area contributed by atoms with Crippen molar-refractivity contribution in [2.45, 2.75) is 6.42 Å². The van der Waals surface area contributed by atoms with Crippen LogP contribution in [0.3, 0.4) is 0 Å². The number of hydrogen-bond donors (Lipinski definition) is 3.